The van der Waals surface area contributed by atoms with Crippen molar-refractivity contribution in [2.24, 2.45) is 0 Å². The van der Waals surface area contributed by atoms with E-state index >= 15 is 0 Å². The molecule has 0 radical (unpaired) electrons. The van der Waals surface area contributed by atoms with E-state index in [1.807, 2.05) is 0 Å². The second-order valence-corrected chi connectivity index (χ2v) is 3.84. The van der Waals surface area contributed by atoms with E-state index in [0.29, 0.717) is 10.3 Å². The van der Waals surface area contributed by atoms with Crippen LogP contribution in [-0.2, 0) is 0 Å². The minimum atomic E-state index is -0.421. The summed E-state index contributed by atoms with van der Waals surface area (Å²) in [7, 11) is 0. The molecule has 0 aliphatic heterocycles. The van der Waals surface area contributed by atoms with E-state index in [-0.39, 0.29) is 11.3 Å². The number of amides is 1. The first-order valence-electron chi connectivity index (χ1n) is 4.63. The van der Waals surface area contributed by atoms with Crippen LogP contribution >= 0.6 is 15.9 Å². The summed E-state index contributed by atoms with van der Waals surface area (Å²) in [6.45, 7) is 0. The Morgan fingerprint density at radius 1 is 1.41 bits per heavy atom. The first kappa shape index (κ1) is 11.5. The Morgan fingerprint density at radius 2 is 2.24 bits per heavy atom. The van der Waals surface area contributed by atoms with E-state index in [0.717, 1.165) is 6.20 Å². The maximum Gasteiger partial charge on any atom is 0.275 e. The maximum atomic E-state index is 11.7. The van der Waals surface area contributed by atoms with Gasteiger partial charge in [-0.1, -0.05) is 0 Å². The van der Waals surface area contributed by atoms with Crippen molar-refractivity contribution in [3.05, 3.63) is 51.4 Å². The Hall–Kier alpha value is -2.02. The third kappa shape index (κ3) is 2.76. The summed E-state index contributed by atoms with van der Waals surface area (Å²) in [5.41, 5.74) is 0.301. The van der Waals surface area contributed by atoms with Crippen LogP contribution in [0.1, 0.15) is 10.5 Å². The van der Waals surface area contributed by atoms with E-state index in [1.54, 1.807) is 18.3 Å². The molecule has 2 heterocycles. The fourth-order valence-electron chi connectivity index (χ4n) is 1.13. The normalized spacial score (nSPS) is 9.94. The quantitative estimate of drug-likeness (QED) is 0.814. The Morgan fingerprint density at radius 3 is 2.88 bits per heavy atom. The molecule has 0 aliphatic carbocycles. The van der Waals surface area contributed by atoms with Crippen LogP contribution in [0.4, 0.5) is 5.69 Å². The van der Waals surface area contributed by atoms with Gasteiger partial charge in [-0.3, -0.25) is 9.59 Å². The molecule has 17 heavy (non-hydrogen) atoms. The molecular formula is C10H7BrN4O2. The lowest BCUT2D eigenvalue weighted by Crippen LogP contribution is -2.17. The zero-order valence-corrected chi connectivity index (χ0v) is 10.1. The van der Waals surface area contributed by atoms with Gasteiger partial charge >= 0.3 is 0 Å². The number of aromatic amines is 1. The van der Waals surface area contributed by atoms with Crippen molar-refractivity contribution in [1.82, 2.24) is 15.0 Å². The highest BCUT2D eigenvalue weighted by Gasteiger charge is 2.09. The SMILES string of the molecule is O=C(Nc1cccnc1Br)c1c[nH]c(=O)cn1. The predicted octanol–water partition coefficient (Wildman–Crippen LogP) is 1.18. The van der Waals surface area contributed by atoms with E-state index in [4.69, 9.17) is 0 Å². The highest BCUT2D eigenvalue weighted by Crippen LogP contribution is 2.18. The molecule has 0 spiro atoms. The molecule has 0 bridgehead atoms. The Balaban J connectivity index is 2.20. The molecule has 0 atom stereocenters. The van der Waals surface area contributed by atoms with Gasteiger partial charge in [-0.2, -0.15) is 0 Å². The minimum absolute atomic E-state index is 0.125. The molecule has 0 unspecified atom stereocenters. The maximum absolute atomic E-state index is 11.7. The molecule has 0 aliphatic rings. The number of carbonyl (C=O) groups excluding carboxylic acids is 1. The fourth-order valence-corrected chi connectivity index (χ4v) is 1.48. The highest BCUT2D eigenvalue weighted by molar-refractivity contribution is 9.10. The predicted molar refractivity (Wildman–Crippen MR) is 64.7 cm³/mol. The first-order valence-corrected chi connectivity index (χ1v) is 5.43. The number of nitrogens with one attached hydrogen (secondary N) is 2. The monoisotopic (exact) mass is 294 g/mol. The van der Waals surface area contributed by atoms with Crippen LogP contribution in [0, 0.1) is 0 Å². The standard InChI is InChI=1S/C10H7BrN4O2/c11-9-6(2-1-3-12-9)15-10(17)7-4-14-8(16)5-13-7/h1-5H,(H,14,16)(H,15,17). The zero-order valence-electron chi connectivity index (χ0n) is 8.48. The topological polar surface area (TPSA) is 87.7 Å². The van der Waals surface area contributed by atoms with Gasteiger partial charge in [0.15, 0.2) is 0 Å². The molecule has 0 fully saturated rings. The second-order valence-electron chi connectivity index (χ2n) is 3.09. The summed E-state index contributed by atoms with van der Waals surface area (Å²) in [5, 5.41) is 2.61. The van der Waals surface area contributed by atoms with Crippen LogP contribution in [0.25, 0.3) is 0 Å². The second kappa shape index (κ2) is 4.88. The molecule has 2 aromatic heterocycles. The molecule has 86 valence electrons. The lowest BCUT2D eigenvalue weighted by atomic mass is 10.3. The van der Waals surface area contributed by atoms with Gasteiger partial charge in [0.1, 0.15) is 10.3 Å². The molecule has 1 amide bonds. The Bertz CT molecular complexity index is 591. The zero-order chi connectivity index (χ0) is 12.3. The van der Waals surface area contributed by atoms with Crippen LogP contribution in [-0.4, -0.2) is 20.9 Å². The summed E-state index contributed by atoms with van der Waals surface area (Å²) in [4.78, 5) is 32.6. The summed E-state index contributed by atoms with van der Waals surface area (Å²) in [5.74, 6) is -0.421. The fraction of sp³-hybridized carbons (Fsp3) is 0. The number of hydrogen-bond donors (Lipinski definition) is 2. The van der Waals surface area contributed by atoms with Crippen LogP contribution in [0.15, 0.2) is 40.1 Å². The van der Waals surface area contributed by atoms with Gasteiger partial charge in [0.2, 0.25) is 0 Å². The Labute approximate surface area is 104 Å². The van der Waals surface area contributed by atoms with E-state index < -0.39 is 5.91 Å². The molecule has 0 saturated heterocycles. The van der Waals surface area contributed by atoms with Crippen molar-refractivity contribution >= 4 is 27.5 Å². The van der Waals surface area contributed by atoms with Crippen LogP contribution in [0.5, 0.6) is 0 Å². The molecule has 7 heteroatoms. The number of pyridine rings is 1. The third-order valence-electron chi connectivity index (χ3n) is 1.91. The minimum Gasteiger partial charge on any atom is -0.325 e. The van der Waals surface area contributed by atoms with Gasteiger partial charge in [-0.15, -0.1) is 0 Å². The molecule has 2 aromatic rings. The van der Waals surface area contributed by atoms with E-state index in [2.05, 4.69) is 36.2 Å². The number of carbonyl (C=O) groups is 1. The summed E-state index contributed by atoms with van der Waals surface area (Å²) in [6.07, 6.45) is 3.90. The van der Waals surface area contributed by atoms with Crippen molar-refractivity contribution in [3.8, 4) is 0 Å². The van der Waals surface area contributed by atoms with Crippen molar-refractivity contribution < 1.29 is 4.79 Å². The van der Waals surface area contributed by atoms with Crippen molar-refractivity contribution in [2.45, 2.75) is 0 Å². The molecule has 6 nitrogen and oxygen atoms in total. The molecule has 0 saturated carbocycles. The average Bonchev–Trinajstić information content (AvgIpc) is 2.33. The first-order chi connectivity index (χ1) is 8.16. The van der Waals surface area contributed by atoms with Gasteiger partial charge in [-0.05, 0) is 28.1 Å². The van der Waals surface area contributed by atoms with Crippen molar-refractivity contribution in [3.63, 3.8) is 0 Å². The van der Waals surface area contributed by atoms with Crippen LogP contribution in [0.3, 0.4) is 0 Å². The summed E-state index contributed by atoms with van der Waals surface area (Å²) < 4.78 is 0.526. The Kier molecular flexibility index (Phi) is 3.29. The van der Waals surface area contributed by atoms with E-state index in [1.165, 1.54) is 6.20 Å². The molecule has 0 aromatic carbocycles. The van der Waals surface area contributed by atoms with Gasteiger partial charge in [0, 0.05) is 12.4 Å². The van der Waals surface area contributed by atoms with Gasteiger partial charge in [0.25, 0.3) is 11.5 Å². The van der Waals surface area contributed by atoms with Gasteiger partial charge in [-0.25, -0.2) is 9.97 Å². The van der Waals surface area contributed by atoms with Gasteiger partial charge in [0.05, 0.1) is 11.9 Å². The van der Waals surface area contributed by atoms with E-state index in [9.17, 15) is 9.59 Å². The number of aromatic nitrogens is 3. The number of anilines is 1. The number of H-pyrrole nitrogens is 1. The third-order valence-corrected chi connectivity index (χ3v) is 2.54. The van der Waals surface area contributed by atoms with Crippen LogP contribution in [0.2, 0.25) is 0 Å². The lowest BCUT2D eigenvalue weighted by Gasteiger charge is -2.05. The number of halogens is 1. The van der Waals surface area contributed by atoms with Crippen molar-refractivity contribution in [2.75, 3.05) is 5.32 Å². The number of nitrogens with zero attached hydrogens (tertiary/aromatic N) is 2. The molecule has 2 rings (SSSR count). The lowest BCUT2D eigenvalue weighted by molar-refractivity contribution is 0.102. The largest absolute Gasteiger partial charge is 0.325 e. The number of hydrogen-bond acceptors (Lipinski definition) is 4. The van der Waals surface area contributed by atoms with Crippen LogP contribution < -0.4 is 10.9 Å². The summed E-state index contributed by atoms with van der Waals surface area (Å²) in [6, 6.07) is 3.39. The molecule has 2 N–H and O–H groups in total. The highest BCUT2D eigenvalue weighted by atomic mass is 79.9. The smallest absolute Gasteiger partial charge is 0.275 e. The summed E-state index contributed by atoms with van der Waals surface area (Å²) >= 11 is 3.20. The molecular weight excluding hydrogens is 288 g/mol. The van der Waals surface area contributed by atoms with Gasteiger partial charge < -0.3 is 10.3 Å². The number of rotatable bonds is 2. The van der Waals surface area contributed by atoms with Crippen molar-refractivity contribution in [1.29, 1.82) is 0 Å². The average molecular weight is 295 g/mol.